The van der Waals surface area contributed by atoms with E-state index in [1.807, 2.05) is 34.6 Å². The van der Waals surface area contributed by atoms with Gasteiger partial charge in [-0.25, -0.2) is 4.79 Å². The number of amides is 1. The number of hydrogen-bond acceptors (Lipinski definition) is 3. The second-order valence-corrected chi connectivity index (χ2v) is 6.17. The van der Waals surface area contributed by atoms with Gasteiger partial charge in [-0.15, -0.1) is 0 Å². The lowest BCUT2D eigenvalue weighted by molar-refractivity contribution is 0.0238. The van der Waals surface area contributed by atoms with Crippen molar-refractivity contribution < 1.29 is 9.53 Å². The smallest absolute Gasteiger partial charge is 0.410 e. The van der Waals surface area contributed by atoms with E-state index < -0.39 is 5.60 Å². The summed E-state index contributed by atoms with van der Waals surface area (Å²) in [4.78, 5) is 25.6. The summed E-state index contributed by atoms with van der Waals surface area (Å²) in [5.74, 6) is 0. The van der Waals surface area contributed by atoms with Crippen LogP contribution >= 0.6 is 0 Å². The van der Waals surface area contributed by atoms with Gasteiger partial charge in [-0.05, 0) is 34.6 Å². The van der Waals surface area contributed by atoms with Crippen LogP contribution in [0.4, 0.5) is 4.79 Å². The fraction of sp³-hybridized carbons (Fsp3) is 0.692. The van der Waals surface area contributed by atoms with Gasteiger partial charge in [0.25, 0.3) is 5.56 Å². The number of carbonyl (C=O) groups is 1. The summed E-state index contributed by atoms with van der Waals surface area (Å²) < 4.78 is 6.90. The predicted molar refractivity (Wildman–Crippen MR) is 70.9 cm³/mol. The molecule has 1 aliphatic heterocycles. The maximum atomic E-state index is 12.1. The topological polar surface area (TPSA) is 67.3 Å². The third kappa shape index (κ3) is 2.67. The molecule has 2 heterocycles. The van der Waals surface area contributed by atoms with Crippen LogP contribution in [0, 0.1) is 0 Å². The molecule has 0 saturated heterocycles. The van der Waals surface area contributed by atoms with E-state index in [0.29, 0.717) is 18.7 Å². The number of nitrogens with one attached hydrogen (secondary N) is 1. The molecule has 0 spiro atoms. The lowest BCUT2D eigenvalue weighted by Gasteiger charge is -2.24. The minimum atomic E-state index is -0.522. The average Bonchev–Trinajstić information content (AvgIpc) is 2.76. The molecule has 1 N–H and O–H groups in total. The van der Waals surface area contributed by atoms with Gasteiger partial charge < -0.3 is 4.74 Å². The van der Waals surface area contributed by atoms with Gasteiger partial charge >= 0.3 is 6.09 Å². The number of ether oxygens (including phenoxy) is 1. The highest BCUT2D eigenvalue weighted by Gasteiger charge is 2.31. The zero-order valence-electron chi connectivity index (χ0n) is 12.1. The summed E-state index contributed by atoms with van der Waals surface area (Å²) in [7, 11) is 0. The van der Waals surface area contributed by atoms with Gasteiger partial charge in [0.1, 0.15) is 5.60 Å². The predicted octanol–water partition coefficient (Wildman–Crippen LogP) is 2.01. The Hall–Kier alpha value is -1.72. The first-order chi connectivity index (χ1) is 8.69. The fourth-order valence-corrected chi connectivity index (χ4v) is 2.09. The van der Waals surface area contributed by atoms with E-state index in [1.54, 1.807) is 9.58 Å². The summed E-state index contributed by atoms with van der Waals surface area (Å²) >= 11 is 0. The van der Waals surface area contributed by atoms with Crippen molar-refractivity contribution >= 4 is 6.09 Å². The van der Waals surface area contributed by atoms with E-state index in [-0.39, 0.29) is 17.7 Å². The second-order valence-electron chi connectivity index (χ2n) is 6.17. The number of carbonyl (C=O) groups excluding carboxylic acids is 1. The Morgan fingerprint density at radius 2 is 1.95 bits per heavy atom. The van der Waals surface area contributed by atoms with Gasteiger partial charge in [0.05, 0.1) is 24.3 Å². The Balaban J connectivity index is 2.14. The molecular formula is C13H21N3O3. The highest BCUT2D eigenvalue weighted by atomic mass is 16.6. The van der Waals surface area contributed by atoms with Crippen molar-refractivity contribution in [1.29, 1.82) is 0 Å². The highest BCUT2D eigenvalue weighted by Crippen LogP contribution is 2.21. The maximum Gasteiger partial charge on any atom is 0.410 e. The molecule has 0 aromatic carbocycles. The maximum absolute atomic E-state index is 12.1. The molecule has 1 aromatic rings. The SMILES string of the molecule is CC(C)n1[nH]c2c(c1=O)CN(C(=O)OC(C)(C)C)C2. The van der Waals surface area contributed by atoms with Gasteiger partial charge in [0, 0.05) is 6.04 Å². The molecule has 2 rings (SSSR count). The van der Waals surface area contributed by atoms with E-state index in [2.05, 4.69) is 5.10 Å². The Morgan fingerprint density at radius 3 is 2.42 bits per heavy atom. The van der Waals surface area contributed by atoms with Gasteiger partial charge in [-0.3, -0.25) is 19.5 Å². The zero-order valence-corrected chi connectivity index (χ0v) is 12.1. The van der Waals surface area contributed by atoms with Crippen molar-refractivity contribution in [2.45, 2.75) is 59.4 Å². The molecule has 1 aliphatic rings. The van der Waals surface area contributed by atoms with E-state index >= 15 is 0 Å². The van der Waals surface area contributed by atoms with E-state index in [9.17, 15) is 9.59 Å². The standard InChI is InChI=1S/C13H21N3O3/c1-8(2)16-11(17)9-6-15(7-10(9)14-16)12(18)19-13(3,4)5/h8,14H,6-7H2,1-5H3. The molecule has 0 aliphatic carbocycles. The van der Waals surface area contributed by atoms with Crippen molar-refractivity contribution in [3.63, 3.8) is 0 Å². The van der Waals surface area contributed by atoms with E-state index in [4.69, 9.17) is 4.74 Å². The van der Waals surface area contributed by atoms with Crippen LogP contribution in [0.2, 0.25) is 0 Å². The molecule has 0 radical (unpaired) electrons. The zero-order chi connectivity index (χ0) is 14.4. The summed E-state index contributed by atoms with van der Waals surface area (Å²) in [5, 5.41) is 3.06. The molecule has 0 saturated carbocycles. The molecule has 1 amide bonds. The minimum Gasteiger partial charge on any atom is -0.444 e. The van der Waals surface area contributed by atoms with Gasteiger partial charge in [0.15, 0.2) is 0 Å². The first-order valence-electron chi connectivity index (χ1n) is 6.49. The summed E-state index contributed by atoms with van der Waals surface area (Å²) in [6.45, 7) is 10.1. The van der Waals surface area contributed by atoms with Crippen LogP contribution < -0.4 is 5.56 Å². The van der Waals surface area contributed by atoms with Crippen LogP contribution in [0.15, 0.2) is 4.79 Å². The molecule has 0 unspecified atom stereocenters. The molecule has 0 atom stereocenters. The number of H-pyrrole nitrogens is 1. The van der Waals surface area contributed by atoms with Crippen LogP contribution in [0.3, 0.4) is 0 Å². The molecular weight excluding hydrogens is 246 g/mol. The molecule has 19 heavy (non-hydrogen) atoms. The monoisotopic (exact) mass is 267 g/mol. The van der Waals surface area contributed by atoms with Crippen molar-refractivity contribution in [2.75, 3.05) is 0 Å². The van der Waals surface area contributed by atoms with Gasteiger partial charge in [0.2, 0.25) is 0 Å². The van der Waals surface area contributed by atoms with Crippen molar-refractivity contribution in [3.05, 3.63) is 21.6 Å². The molecule has 6 heteroatoms. The number of hydrogen-bond donors (Lipinski definition) is 1. The largest absolute Gasteiger partial charge is 0.444 e. The van der Waals surface area contributed by atoms with Crippen molar-refractivity contribution in [1.82, 2.24) is 14.7 Å². The third-order valence-electron chi connectivity index (χ3n) is 2.96. The molecule has 6 nitrogen and oxygen atoms in total. The number of aromatic amines is 1. The number of fused-ring (bicyclic) bond motifs is 1. The lowest BCUT2D eigenvalue weighted by atomic mass is 10.2. The molecule has 106 valence electrons. The van der Waals surface area contributed by atoms with Gasteiger partial charge in [-0.1, -0.05) is 0 Å². The van der Waals surface area contributed by atoms with Crippen LogP contribution in [0.5, 0.6) is 0 Å². The van der Waals surface area contributed by atoms with Crippen molar-refractivity contribution in [2.24, 2.45) is 0 Å². The Bertz CT molecular complexity index is 548. The van der Waals surface area contributed by atoms with Crippen LogP contribution in [0.1, 0.15) is 51.9 Å². The van der Waals surface area contributed by atoms with Crippen LogP contribution in [-0.4, -0.2) is 26.4 Å². The van der Waals surface area contributed by atoms with Crippen LogP contribution in [0.25, 0.3) is 0 Å². The van der Waals surface area contributed by atoms with E-state index in [1.165, 1.54) is 0 Å². The van der Waals surface area contributed by atoms with Crippen molar-refractivity contribution in [3.8, 4) is 0 Å². The first kappa shape index (κ1) is 13.7. The highest BCUT2D eigenvalue weighted by molar-refractivity contribution is 5.69. The van der Waals surface area contributed by atoms with Gasteiger partial charge in [-0.2, -0.15) is 0 Å². The minimum absolute atomic E-state index is 0.0453. The molecule has 0 bridgehead atoms. The lowest BCUT2D eigenvalue weighted by Crippen LogP contribution is -2.34. The van der Waals surface area contributed by atoms with E-state index in [0.717, 1.165) is 5.69 Å². The number of rotatable bonds is 1. The third-order valence-corrected chi connectivity index (χ3v) is 2.96. The Kier molecular flexibility index (Phi) is 3.20. The summed E-state index contributed by atoms with van der Waals surface area (Å²) in [6.07, 6.45) is -0.382. The normalized spacial score (nSPS) is 14.9. The second kappa shape index (κ2) is 4.43. The van der Waals surface area contributed by atoms with Crippen LogP contribution in [-0.2, 0) is 17.8 Å². The summed E-state index contributed by atoms with van der Waals surface area (Å²) in [5.41, 5.74) is 0.908. The Labute approximate surface area is 112 Å². The quantitative estimate of drug-likeness (QED) is 0.846. The molecule has 0 fully saturated rings. The number of aromatic nitrogens is 2. The average molecular weight is 267 g/mol. The first-order valence-corrected chi connectivity index (χ1v) is 6.49. The Morgan fingerprint density at radius 1 is 1.32 bits per heavy atom. The fourth-order valence-electron chi connectivity index (χ4n) is 2.09. The number of nitrogens with zero attached hydrogens (tertiary/aromatic N) is 2. The summed E-state index contributed by atoms with van der Waals surface area (Å²) in [6, 6.07) is 0.0908. The molecule has 1 aromatic heterocycles.